The fourth-order valence-corrected chi connectivity index (χ4v) is 1.15. The lowest BCUT2D eigenvalue weighted by Gasteiger charge is -2.08. The summed E-state index contributed by atoms with van der Waals surface area (Å²) in [5, 5.41) is 19.6. The third-order valence-electron chi connectivity index (χ3n) is 1.93. The number of aliphatic hydroxyl groups is 1. The van der Waals surface area contributed by atoms with Crippen LogP contribution in [-0.4, -0.2) is 14.6 Å². The van der Waals surface area contributed by atoms with Gasteiger partial charge in [0.2, 0.25) is 0 Å². The first-order chi connectivity index (χ1) is 7.34. The summed E-state index contributed by atoms with van der Waals surface area (Å²) in [5.41, 5.74) is -2.25. The van der Waals surface area contributed by atoms with Crippen molar-refractivity contribution in [2.75, 3.05) is 0 Å². The normalized spacial score (nSPS) is 12.8. The van der Waals surface area contributed by atoms with Crippen LogP contribution in [0.15, 0.2) is 17.1 Å². The van der Waals surface area contributed by atoms with Crippen molar-refractivity contribution in [3.8, 4) is 0 Å². The topological polar surface area (TPSA) is 85.4 Å². The van der Waals surface area contributed by atoms with Gasteiger partial charge in [0.15, 0.2) is 0 Å². The van der Waals surface area contributed by atoms with Crippen LogP contribution in [0.2, 0.25) is 0 Å². The average Bonchev–Trinajstić information content (AvgIpc) is 2.16. The maximum Gasteiger partial charge on any atom is 0.321 e. The minimum Gasteiger partial charge on any atom is -0.388 e. The van der Waals surface area contributed by atoms with Crippen LogP contribution in [0.4, 0.5) is 14.5 Å². The van der Waals surface area contributed by atoms with Gasteiger partial charge < -0.3 is 5.11 Å². The minimum atomic E-state index is -3.19. The monoisotopic (exact) mass is 234 g/mol. The molecule has 0 fully saturated rings. The van der Waals surface area contributed by atoms with E-state index in [1.165, 1.54) is 0 Å². The van der Waals surface area contributed by atoms with E-state index in [1.807, 2.05) is 0 Å². The van der Waals surface area contributed by atoms with E-state index in [0.717, 1.165) is 13.0 Å². The number of hydrogen-bond acceptors (Lipinski definition) is 4. The highest BCUT2D eigenvalue weighted by Gasteiger charge is 2.20. The first-order valence-corrected chi connectivity index (χ1v) is 4.21. The second kappa shape index (κ2) is 4.35. The Morgan fingerprint density at radius 3 is 2.50 bits per heavy atom. The summed E-state index contributed by atoms with van der Waals surface area (Å²) in [6, 6.07) is 0.784. The van der Waals surface area contributed by atoms with E-state index in [1.54, 1.807) is 0 Å². The van der Waals surface area contributed by atoms with Crippen LogP contribution in [0.3, 0.4) is 0 Å². The molecule has 16 heavy (non-hydrogen) atoms. The van der Waals surface area contributed by atoms with Gasteiger partial charge in [0.05, 0.1) is 22.8 Å². The molecule has 1 aromatic heterocycles. The molecule has 0 aliphatic carbocycles. The van der Waals surface area contributed by atoms with Gasteiger partial charge in [-0.3, -0.25) is 19.5 Å². The zero-order chi connectivity index (χ0) is 12.5. The molecule has 0 spiro atoms. The van der Waals surface area contributed by atoms with Gasteiger partial charge in [0.1, 0.15) is 0 Å². The van der Waals surface area contributed by atoms with Crippen molar-refractivity contribution in [2.45, 2.75) is 19.6 Å². The molecule has 1 rings (SSSR count). The predicted molar refractivity (Wildman–Crippen MR) is 49.2 cm³/mol. The highest BCUT2D eigenvalue weighted by molar-refractivity contribution is 5.31. The quantitative estimate of drug-likeness (QED) is 0.629. The number of pyridine rings is 1. The smallest absolute Gasteiger partial charge is 0.321 e. The predicted octanol–water partition coefficient (Wildman–Crippen LogP) is 1.20. The molecule has 8 heteroatoms. The lowest BCUT2D eigenvalue weighted by atomic mass is 10.1. The lowest BCUT2D eigenvalue weighted by molar-refractivity contribution is -0.385. The molecule has 1 N–H and O–H groups in total. The van der Waals surface area contributed by atoms with Crippen molar-refractivity contribution in [3.05, 3.63) is 38.3 Å². The molecule has 0 aromatic carbocycles. The number of alkyl halides is 2. The van der Waals surface area contributed by atoms with Gasteiger partial charge in [-0.05, 0) is 6.92 Å². The van der Waals surface area contributed by atoms with E-state index in [4.69, 9.17) is 5.11 Å². The number of aromatic nitrogens is 1. The first-order valence-electron chi connectivity index (χ1n) is 4.21. The van der Waals surface area contributed by atoms with Crippen molar-refractivity contribution < 1.29 is 18.8 Å². The van der Waals surface area contributed by atoms with Crippen molar-refractivity contribution in [2.24, 2.45) is 0 Å². The third-order valence-corrected chi connectivity index (χ3v) is 1.93. The maximum atomic E-state index is 12.4. The standard InChI is InChI=1S/C8H8F2N2O4/c1-4(13)6-2-5(12(15)16)3-11(7(6)14)8(9)10/h2-4,8,13H,1H3/t4-/m1/s1. The summed E-state index contributed by atoms with van der Waals surface area (Å²) >= 11 is 0. The Morgan fingerprint density at radius 1 is 1.56 bits per heavy atom. The number of halogens is 2. The Kier molecular flexibility index (Phi) is 3.33. The molecule has 0 aliphatic rings. The van der Waals surface area contributed by atoms with Gasteiger partial charge in [-0.15, -0.1) is 0 Å². The summed E-state index contributed by atoms with van der Waals surface area (Å²) in [4.78, 5) is 20.8. The Labute approximate surface area is 87.9 Å². The molecule has 1 aromatic rings. The molecule has 0 radical (unpaired) electrons. The van der Waals surface area contributed by atoms with Crippen LogP contribution in [0.25, 0.3) is 0 Å². The fraction of sp³-hybridized carbons (Fsp3) is 0.375. The summed E-state index contributed by atoms with van der Waals surface area (Å²) < 4.78 is 24.7. The lowest BCUT2D eigenvalue weighted by Crippen LogP contribution is -2.25. The molecule has 0 saturated carbocycles. The summed E-state index contributed by atoms with van der Waals surface area (Å²) in [7, 11) is 0. The Balaban J connectivity index is 3.52. The van der Waals surface area contributed by atoms with Crippen molar-refractivity contribution >= 4 is 5.69 Å². The van der Waals surface area contributed by atoms with Crippen LogP contribution < -0.4 is 5.56 Å². The average molecular weight is 234 g/mol. The van der Waals surface area contributed by atoms with Crippen molar-refractivity contribution in [3.63, 3.8) is 0 Å². The second-order valence-corrected chi connectivity index (χ2v) is 3.08. The van der Waals surface area contributed by atoms with Gasteiger partial charge in [-0.1, -0.05) is 0 Å². The summed E-state index contributed by atoms with van der Waals surface area (Å²) in [5.74, 6) is 0. The third kappa shape index (κ3) is 2.22. The molecule has 88 valence electrons. The highest BCUT2D eigenvalue weighted by Crippen LogP contribution is 2.18. The number of nitrogens with zero attached hydrogens (tertiary/aromatic N) is 2. The molecule has 1 heterocycles. The molecular weight excluding hydrogens is 226 g/mol. The molecule has 0 unspecified atom stereocenters. The van der Waals surface area contributed by atoms with Crippen molar-refractivity contribution in [1.82, 2.24) is 4.57 Å². The van der Waals surface area contributed by atoms with E-state index in [9.17, 15) is 23.7 Å². The van der Waals surface area contributed by atoms with Crippen LogP contribution in [-0.2, 0) is 0 Å². The van der Waals surface area contributed by atoms with Gasteiger partial charge >= 0.3 is 6.55 Å². The minimum absolute atomic E-state index is 0.0831. The molecule has 0 amide bonds. The second-order valence-electron chi connectivity index (χ2n) is 3.08. The zero-order valence-electron chi connectivity index (χ0n) is 8.13. The van der Waals surface area contributed by atoms with E-state index >= 15 is 0 Å². The van der Waals surface area contributed by atoms with Crippen LogP contribution in [0.1, 0.15) is 25.1 Å². The van der Waals surface area contributed by atoms with E-state index in [0.29, 0.717) is 6.20 Å². The van der Waals surface area contributed by atoms with Gasteiger partial charge in [0.25, 0.3) is 11.2 Å². The Morgan fingerprint density at radius 2 is 2.12 bits per heavy atom. The van der Waals surface area contributed by atoms with E-state index < -0.39 is 34.4 Å². The number of rotatable bonds is 3. The highest BCUT2D eigenvalue weighted by atomic mass is 19.3. The van der Waals surface area contributed by atoms with Crippen molar-refractivity contribution in [1.29, 1.82) is 0 Å². The summed E-state index contributed by atoms with van der Waals surface area (Å²) in [6.07, 6.45) is -0.906. The molecule has 0 saturated heterocycles. The zero-order valence-corrected chi connectivity index (χ0v) is 8.13. The summed E-state index contributed by atoms with van der Waals surface area (Å²) in [6.45, 7) is -2.03. The molecular formula is C8H8F2N2O4. The van der Waals surface area contributed by atoms with Gasteiger partial charge in [-0.25, -0.2) is 0 Å². The number of aliphatic hydroxyl groups excluding tert-OH is 1. The van der Waals surface area contributed by atoms with Gasteiger partial charge in [0, 0.05) is 6.07 Å². The van der Waals surface area contributed by atoms with Gasteiger partial charge in [-0.2, -0.15) is 8.78 Å². The SMILES string of the molecule is C[C@@H](O)c1cc([N+](=O)[O-])cn(C(F)F)c1=O. The first kappa shape index (κ1) is 12.2. The molecule has 6 nitrogen and oxygen atoms in total. The van der Waals surface area contributed by atoms with Crippen LogP contribution in [0, 0.1) is 10.1 Å². The Hall–Kier alpha value is -1.83. The van der Waals surface area contributed by atoms with E-state index in [-0.39, 0.29) is 4.57 Å². The molecule has 1 atom stereocenters. The fourth-order valence-electron chi connectivity index (χ4n) is 1.15. The van der Waals surface area contributed by atoms with Crippen LogP contribution in [0.5, 0.6) is 0 Å². The Bertz CT molecular complexity index is 437. The number of hydrogen-bond donors (Lipinski definition) is 1. The van der Waals surface area contributed by atoms with E-state index in [2.05, 4.69) is 0 Å². The molecule has 0 bridgehead atoms. The maximum absolute atomic E-state index is 12.4. The largest absolute Gasteiger partial charge is 0.388 e. The van der Waals surface area contributed by atoms with Crippen LogP contribution >= 0.6 is 0 Å². The molecule has 0 aliphatic heterocycles. The number of nitro groups is 1.